The predicted octanol–water partition coefficient (Wildman–Crippen LogP) is 4.14. The largest absolute Gasteiger partial charge is 0.349 e. The highest BCUT2D eigenvalue weighted by molar-refractivity contribution is 5.76. The molecule has 1 atom stereocenters. The Morgan fingerprint density at radius 1 is 1.09 bits per heavy atom. The minimum Gasteiger partial charge on any atom is -0.349 e. The van der Waals surface area contributed by atoms with Gasteiger partial charge in [0, 0.05) is 6.42 Å². The second-order valence-electron chi connectivity index (χ2n) is 5.51. The highest BCUT2D eigenvalue weighted by Crippen LogP contribution is 2.19. The number of hydrogen-bond donors (Lipinski definition) is 1. The molecule has 2 nitrogen and oxygen atoms in total. The molecule has 22 heavy (non-hydrogen) atoms. The molecule has 3 heteroatoms. The zero-order chi connectivity index (χ0) is 15.8. The average molecular weight is 299 g/mol. The molecular weight excluding hydrogens is 277 g/mol. The molecule has 0 fully saturated rings. The van der Waals surface area contributed by atoms with Crippen molar-refractivity contribution >= 4 is 5.91 Å². The summed E-state index contributed by atoms with van der Waals surface area (Å²) in [6.45, 7) is 1.58. The molecule has 0 aliphatic carbocycles. The molecule has 0 aromatic heterocycles. The fourth-order valence-electron chi connectivity index (χ4n) is 2.39. The van der Waals surface area contributed by atoms with Crippen LogP contribution in [0.15, 0.2) is 54.6 Å². The topological polar surface area (TPSA) is 29.1 Å². The van der Waals surface area contributed by atoms with Gasteiger partial charge in [0.05, 0.1) is 12.7 Å². The first-order valence-corrected chi connectivity index (χ1v) is 7.65. The fourth-order valence-corrected chi connectivity index (χ4v) is 2.39. The number of halogens is 1. The average Bonchev–Trinajstić information content (AvgIpc) is 2.54. The van der Waals surface area contributed by atoms with Gasteiger partial charge < -0.3 is 5.32 Å². The van der Waals surface area contributed by atoms with Crippen molar-refractivity contribution < 1.29 is 9.18 Å². The predicted molar refractivity (Wildman–Crippen MR) is 87.4 cm³/mol. The van der Waals surface area contributed by atoms with E-state index in [9.17, 15) is 9.18 Å². The zero-order valence-electron chi connectivity index (χ0n) is 12.9. The maximum absolute atomic E-state index is 12.2. The molecule has 2 aromatic rings. The van der Waals surface area contributed by atoms with Gasteiger partial charge in [-0.25, -0.2) is 0 Å². The molecule has 0 bridgehead atoms. The molecule has 0 heterocycles. The zero-order valence-corrected chi connectivity index (χ0v) is 12.9. The van der Waals surface area contributed by atoms with Gasteiger partial charge in [-0.3, -0.25) is 9.18 Å². The maximum atomic E-state index is 12.2. The van der Waals surface area contributed by atoms with Crippen molar-refractivity contribution in [3.63, 3.8) is 0 Å². The van der Waals surface area contributed by atoms with Crippen LogP contribution < -0.4 is 5.32 Å². The first-order chi connectivity index (χ1) is 10.7. The summed E-state index contributed by atoms with van der Waals surface area (Å²) in [5.41, 5.74) is 3.42. The Morgan fingerprint density at radius 3 is 2.41 bits per heavy atom. The van der Waals surface area contributed by atoms with Gasteiger partial charge in [-0.1, -0.05) is 60.2 Å². The Labute approximate surface area is 131 Å². The van der Waals surface area contributed by atoms with Crippen molar-refractivity contribution in [2.24, 2.45) is 0 Å². The monoisotopic (exact) mass is 299 g/mol. The van der Waals surface area contributed by atoms with Crippen LogP contribution in [0.5, 0.6) is 0 Å². The van der Waals surface area contributed by atoms with Gasteiger partial charge in [-0.15, -0.1) is 0 Å². The van der Waals surface area contributed by atoms with E-state index in [-0.39, 0.29) is 24.8 Å². The Hall–Kier alpha value is -2.16. The van der Waals surface area contributed by atoms with Gasteiger partial charge in [-0.05, 0) is 30.9 Å². The SMILES string of the molecule is Cc1ccc(C(Cc2ccccc2)NC(=O)CCCF)cc1. The number of nitrogens with one attached hydrogen (secondary N) is 1. The van der Waals surface area contributed by atoms with Gasteiger partial charge in [0.1, 0.15) is 0 Å². The molecule has 0 aliphatic heterocycles. The van der Waals surface area contributed by atoms with Crippen molar-refractivity contribution in [1.82, 2.24) is 5.32 Å². The van der Waals surface area contributed by atoms with E-state index in [1.54, 1.807) is 0 Å². The molecule has 2 aromatic carbocycles. The molecule has 0 aliphatic rings. The third-order valence-electron chi connectivity index (χ3n) is 3.64. The minimum absolute atomic E-state index is 0.0879. The second kappa shape index (κ2) is 8.32. The lowest BCUT2D eigenvalue weighted by molar-refractivity contribution is -0.122. The van der Waals surface area contributed by atoms with E-state index in [1.165, 1.54) is 11.1 Å². The van der Waals surface area contributed by atoms with Crippen LogP contribution in [0.1, 0.15) is 35.6 Å². The molecule has 1 N–H and O–H groups in total. The van der Waals surface area contributed by atoms with Crippen molar-refractivity contribution in [1.29, 1.82) is 0 Å². The van der Waals surface area contributed by atoms with E-state index in [1.807, 2.05) is 49.4 Å². The lowest BCUT2D eigenvalue weighted by Gasteiger charge is -2.20. The molecule has 116 valence electrons. The molecule has 0 spiro atoms. The van der Waals surface area contributed by atoms with E-state index >= 15 is 0 Å². The third-order valence-corrected chi connectivity index (χ3v) is 3.64. The fraction of sp³-hybridized carbons (Fsp3) is 0.316. The molecule has 0 saturated heterocycles. The Kier molecular flexibility index (Phi) is 6.13. The van der Waals surface area contributed by atoms with E-state index < -0.39 is 6.67 Å². The van der Waals surface area contributed by atoms with E-state index in [0.717, 1.165) is 12.0 Å². The van der Waals surface area contributed by atoms with Crippen molar-refractivity contribution in [2.45, 2.75) is 32.2 Å². The highest BCUT2D eigenvalue weighted by atomic mass is 19.1. The van der Waals surface area contributed by atoms with Crippen LogP contribution >= 0.6 is 0 Å². The number of benzene rings is 2. The molecule has 0 radical (unpaired) electrons. The summed E-state index contributed by atoms with van der Waals surface area (Å²) in [6.07, 6.45) is 1.23. The Morgan fingerprint density at radius 2 is 1.77 bits per heavy atom. The normalized spacial score (nSPS) is 11.9. The lowest BCUT2D eigenvalue weighted by atomic mass is 9.98. The van der Waals surface area contributed by atoms with Crippen LogP contribution in [0.25, 0.3) is 0 Å². The van der Waals surface area contributed by atoms with Gasteiger partial charge in [0.2, 0.25) is 5.91 Å². The number of carbonyl (C=O) groups is 1. The van der Waals surface area contributed by atoms with Crippen LogP contribution in [-0.4, -0.2) is 12.6 Å². The van der Waals surface area contributed by atoms with Crippen LogP contribution in [0.3, 0.4) is 0 Å². The second-order valence-corrected chi connectivity index (χ2v) is 5.51. The van der Waals surface area contributed by atoms with Crippen LogP contribution in [-0.2, 0) is 11.2 Å². The summed E-state index contributed by atoms with van der Waals surface area (Å²) >= 11 is 0. The van der Waals surface area contributed by atoms with Crippen molar-refractivity contribution in [3.05, 3.63) is 71.3 Å². The summed E-state index contributed by atoms with van der Waals surface area (Å²) in [6, 6.07) is 18.1. The summed E-state index contributed by atoms with van der Waals surface area (Å²) in [7, 11) is 0. The quantitative estimate of drug-likeness (QED) is 0.817. The van der Waals surface area contributed by atoms with Gasteiger partial charge in [0.15, 0.2) is 0 Å². The van der Waals surface area contributed by atoms with Crippen LogP contribution in [0.2, 0.25) is 0 Å². The van der Waals surface area contributed by atoms with E-state index in [4.69, 9.17) is 0 Å². The minimum atomic E-state index is -0.457. The first-order valence-electron chi connectivity index (χ1n) is 7.65. The number of alkyl halides is 1. The summed E-state index contributed by atoms with van der Waals surface area (Å²) in [4.78, 5) is 12.0. The van der Waals surface area contributed by atoms with Crippen molar-refractivity contribution in [3.8, 4) is 0 Å². The van der Waals surface area contributed by atoms with Crippen LogP contribution in [0, 0.1) is 6.92 Å². The Bertz CT molecular complexity index is 580. The standard InChI is InChI=1S/C19H22FNO/c1-15-9-11-17(12-10-15)18(21-19(22)8-5-13-20)14-16-6-3-2-4-7-16/h2-4,6-7,9-12,18H,5,8,13-14H2,1H3,(H,21,22). The van der Waals surface area contributed by atoms with Gasteiger partial charge >= 0.3 is 0 Å². The first kappa shape index (κ1) is 16.2. The number of aryl methyl sites for hydroxylation is 1. The summed E-state index contributed by atoms with van der Waals surface area (Å²) in [5, 5.41) is 3.03. The molecular formula is C19H22FNO. The maximum Gasteiger partial charge on any atom is 0.220 e. The molecule has 1 amide bonds. The van der Waals surface area contributed by atoms with Gasteiger partial charge in [-0.2, -0.15) is 0 Å². The smallest absolute Gasteiger partial charge is 0.220 e. The number of amides is 1. The highest BCUT2D eigenvalue weighted by Gasteiger charge is 2.15. The number of rotatable bonds is 7. The van der Waals surface area contributed by atoms with E-state index in [2.05, 4.69) is 17.4 Å². The number of hydrogen-bond acceptors (Lipinski definition) is 1. The lowest BCUT2D eigenvalue weighted by Crippen LogP contribution is -2.29. The van der Waals surface area contributed by atoms with Crippen molar-refractivity contribution in [2.75, 3.05) is 6.67 Å². The number of carbonyl (C=O) groups excluding carboxylic acids is 1. The van der Waals surface area contributed by atoms with Gasteiger partial charge in [0.25, 0.3) is 0 Å². The molecule has 0 saturated carbocycles. The summed E-state index contributed by atoms with van der Waals surface area (Å²) < 4.78 is 12.2. The summed E-state index contributed by atoms with van der Waals surface area (Å²) in [5.74, 6) is -0.0980. The third kappa shape index (κ3) is 4.99. The van der Waals surface area contributed by atoms with Crippen LogP contribution in [0.4, 0.5) is 4.39 Å². The molecule has 2 rings (SSSR count). The molecule has 1 unspecified atom stereocenters. The Balaban J connectivity index is 2.13. The van der Waals surface area contributed by atoms with E-state index in [0.29, 0.717) is 0 Å².